The molecule has 1 fully saturated rings. The van der Waals surface area contributed by atoms with Crippen LogP contribution >= 0.6 is 11.8 Å². The molecule has 0 spiro atoms. The van der Waals surface area contributed by atoms with E-state index < -0.39 is 0 Å². The Labute approximate surface area is 189 Å². The molecule has 0 unspecified atom stereocenters. The van der Waals surface area contributed by atoms with E-state index in [0.717, 1.165) is 56.5 Å². The Kier molecular flexibility index (Phi) is 7.10. The molecule has 0 atom stereocenters. The summed E-state index contributed by atoms with van der Waals surface area (Å²) in [6.45, 7) is 11.0. The predicted molar refractivity (Wildman–Crippen MR) is 131 cm³/mol. The van der Waals surface area contributed by atoms with Crippen LogP contribution < -0.4 is 4.90 Å². The number of aliphatic imine (C=N–C) groups is 1. The molecule has 0 saturated carbocycles. The normalized spacial score (nSPS) is 18.5. The molecule has 0 aliphatic carbocycles. The van der Waals surface area contributed by atoms with Crippen LogP contribution in [-0.4, -0.2) is 60.1 Å². The van der Waals surface area contributed by atoms with Crippen molar-refractivity contribution in [2.75, 3.05) is 44.2 Å². The fraction of sp³-hybridized carbons (Fsp3) is 0.360. The smallest absolute Gasteiger partial charge is 0.286 e. The molecule has 0 aromatic heterocycles. The van der Waals surface area contributed by atoms with E-state index in [1.54, 1.807) is 0 Å². The van der Waals surface area contributed by atoms with Gasteiger partial charge in [0.1, 0.15) is 0 Å². The Morgan fingerprint density at radius 3 is 2.29 bits per heavy atom. The lowest BCUT2D eigenvalue weighted by Gasteiger charge is -2.35. The van der Waals surface area contributed by atoms with Crippen LogP contribution in [0.1, 0.15) is 25.0 Å². The number of amidine groups is 1. The van der Waals surface area contributed by atoms with Gasteiger partial charge >= 0.3 is 0 Å². The van der Waals surface area contributed by atoms with Crippen LogP contribution in [0.2, 0.25) is 0 Å². The van der Waals surface area contributed by atoms with Crippen molar-refractivity contribution in [2.45, 2.75) is 20.4 Å². The lowest BCUT2D eigenvalue weighted by atomic mass is 10.2. The maximum Gasteiger partial charge on any atom is 0.286 e. The highest BCUT2D eigenvalue weighted by molar-refractivity contribution is 8.18. The second kappa shape index (κ2) is 10.2. The average molecular weight is 435 g/mol. The number of carbonyl (C=O) groups is 1. The highest BCUT2D eigenvalue weighted by atomic mass is 32.2. The molecular formula is C25H30N4OS. The second-order valence-electron chi connectivity index (χ2n) is 7.82. The Hall–Kier alpha value is -2.57. The number of benzene rings is 2. The molecule has 0 radical (unpaired) electrons. The third-order valence-electron chi connectivity index (χ3n) is 5.82. The van der Waals surface area contributed by atoms with Crippen LogP contribution in [0.3, 0.4) is 0 Å². The van der Waals surface area contributed by atoms with Gasteiger partial charge in [0.2, 0.25) is 0 Å². The molecule has 5 nitrogen and oxygen atoms in total. The number of thioether (sulfide) groups is 1. The van der Waals surface area contributed by atoms with Crippen LogP contribution in [0, 0.1) is 0 Å². The molecule has 1 amide bonds. The van der Waals surface area contributed by atoms with E-state index in [9.17, 15) is 4.79 Å². The largest absolute Gasteiger partial charge is 0.372 e. The van der Waals surface area contributed by atoms with Crippen LogP contribution in [0.4, 0.5) is 5.69 Å². The predicted octanol–water partition coefficient (Wildman–Crippen LogP) is 4.32. The SMILES string of the molecule is CCN(CC)c1ccc(/C=C2\SC(N3CCN(Cc4ccccc4)CC3)=NC2=O)cc1. The number of amides is 1. The van der Waals surface area contributed by atoms with E-state index in [0.29, 0.717) is 4.91 Å². The maximum atomic E-state index is 12.5. The third-order valence-corrected chi connectivity index (χ3v) is 6.86. The monoisotopic (exact) mass is 434 g/mol. The molecule has 4 rings (SSSR count). The van der Waals surface area contributed by atoms with Gasteiger partial charge in [0.25, 0.3) is 5.91 Å². The van der Waals surface area contributed by atoms with Gasteiger partial charge in [-0.1, -0.05) is 42.5 Å². The molecule has 2 aromatic rings. The molecule has 2 aliphatic heterocycles. The summed E-state index contributed by atoms with van der Waals surface area (Å²) in [6, 6.07) is 19.0. The fourth-order valence-corrected chi connectivity index (χ4v) is 4.96. The number of hydrogen-bond acceptors (Lipinski definition) is 5. The zero-order valence-corrected chi connectivity index (χ0v) is 19.1. The highest BCUT2D eigenvalue weighted by Gasteiger charge is 2.28. The van der Waals surface area contributed by atoms with Crippen molar-refractivity contribution in [3.05, 3.63) is 70.6 Å². The summed E-state index contributed by atoms with van der Waals surface area (Å²) < 4.78 is 0. The lowest BCUT2D eigenvalue weighted by Crippen LogP contribution is -2.47. The number of hydrogen-bond donors (Lipinski definition) is 0. The van der Waals surface area contributed by atoms with Crippen molar-refractivity contribution in [2.24, 2.45) is 4.99 Å². The van der Waals surface area contributed by atoms with Crippen molar-refractivity contribution in [3.8, 4) is 0 Å². The minimum atomic E-state index is -0.125. The highest BCUT2D eigenvalue weighted by Crippen LogP contribution is 2.31. The summed E-state index contributed by atoms with van der Waals surface area (Å²) in [4.78, 5) is 24.5. The summed E-state index contributed by atoms with van der Waals surface area (Å²) >= 11 is 1.50. The van der Waals surface area contributed by atoms with Gasteiger partial charge in [-0.15, -0.1) is 0 Å². The average Bonchev–Trinajstić information content (AvgIpc) is 3.17. The van der Waals surface area contributed by atoms with Gasteiger partial charge < -0.3 is 9.80 Å². The van der Waals surface area contributed by atoms with E-state index >= 15 is 0 Å². The number of piperazine rings is 1. The van der Waals surface area contributed by atoms with E-state index in [-0.39, 0.29) is 5.91 Å². The first-order chi connectivity index (χ1) is 15.2. The summed E-state index contributed by atoms with van der Waals surface area (Å²) in [5.41, 5.74) is 3.59. The summed E-state index contributed by atoms with van der Waals surface area (Å²) in [7, 11) is 0. The zero-order valence-electron chi connectivity index (χ0n) is 18.3. The van der Waals surface area contributed by atoms with Crippen LogP contribution in [0.15, 0.2) is 64.5 Å². The Bertz CT molecular complexity index is 943. The van der Waals surface area contributed by atoms with Crippen molar-refractivity contribution < 1.29 is 4.79 Å². The summed E-state index contributed by atoms with van der Waals surface area (Å²) in [6.07, 6.45) is 1.96. The van der Waals surface area contributed by atoms with Crippen molar-refractivity contribution in [3.63, 3.8) is 0 Å². The molecule has 0 bridgehead atoms. The number of carbonyl (C=O) groups excluding carboxylic acids is 1. The van der Waals surface area contributed by atoms with E-state index in [2.05, 4.69) is 88.1 Å². The number of nitrogens with zero attached hydrogens (tertiary/aromatic N) is 4. The quantitative estimate of drug-likeness (QED) is 0.633. The molecule has 162 valence electrons. The number of rotatable bonds is 6. The first kappa shape index (κ1) is 21.7. The second-order valence-corrected chi connectivity index (χ2v) is 8.83. The molecule has 2 aliphatic rings. The first-order valence-electron chi connectivity index (χ1n) is 11.0. The van der Waals surface area contributed by atoms with Crippen molar-refractivity contribution >= 4 is 34.6 Å². The fourth-order valence-electron chi connectivity index (χ4n) is 3.99. The van der Waals surface area contributed by atoms with Gasteiger partial charge in [-0.05, 0) is 54.9 Å². The Morgan fingerprint density at radius 1 is 0.968 bits per heavy atom. The summed E-state index contributed by atoms with van der Waals surface area (Å²) in [5.74, 6) is -0.125. The van der Waals surface area contributed by atoms with E-state index in [1.165, 1.54) is 23.0 Å². The maximum absolute atomic E-state index is 12.5. The van der Waals surface area contributed by atoms with Crippen LogP contribution in [0.5, 0.6) is 0 Å². The van der Waals surface area contributed by atoms with E-state index in [4.69, 9.17) is 0 Å². The van der Waals surface area contributed by atoms with Crippen molar-refractivity contribution in [1.82, 2.24) is 9.80 Å². The first-order valence-corrected chi connectivity index (χ1v) is 11.9. The lowest BCUT2D eigenvalue weighted by molar-refractivity contribution is -0.113. The van der Waals surface area contributed by atoms with Gasteiger partial charge in [-0.25, -0.2) is 0 Å². The van der Waals surface area contributed by atoms with Crippen LogP contribution in [-0.2, 0) is 11.3 Å². The number of anilines is 1. The van der Waals surface area contributed by atoms with Gasteiger partial charge in [0.05, 0.1) is 4.91 Å². The molecule has 31 heavy (non-hydrogen) atoms. The third kappa shape index (κ3) is 5.38. The Balaban J connectivity index is 1.33. The topological polar surface area (TPSA) is 39.1 Å². The van der Waals surface area contributed by atoms with Gasteiger partial charge in [-0.2, -0.15) is 4.99 Å². The van der Waals surface area contributed by atoms with Crippen molar-refractivity contribution in [1.29, 1.82) is 0 Å². The molecule has 1 saturated heterocycles. The molecular weight excluding hydrogens is 404 g/mol. The standard InChI is InChI=1S/C25H30N4OS/c1-3-28(4-2)22-12-10-20(11-13-22)18-23-24(30)26-25(31-23)29-16-14-27(15-17-29)19-21-8-6-5-7-9-21/h5-13,18H,3-4,14-17,19H2,1-2H3/b23-18-. The minimum Gasteiger partial charge on any atom is -0.372 e. The van der Waals surface area contributed by atoms with Gasteiger partial charge in [0, 0.05) is 51.5 Å². The minimum absolute atomic E-state index is 0.125. The van der Waals surface area contributed by atoms with Crippen LogP contribution in [0.25, 0.3) is 6.08 Å². The molecule has 0 N–H and O–H groups in total. The van der Waals surface area contributed by atoms with E-state index in [1.807, 2.05) is 6.08 Å². The molecule has 2 heterocycles. The Morgan fingerprint density at radius 2 is 1.65 bits per heavy atom. The summed E-state index contributed by atoms with van der Waals surface area (Å²) in [5, 5.41) is 0.843. The van der Waals surface area contributed by atoms with Gasteiger partial charge in [0.15, 0.2) is 5.17 Å². The van der Waals surface area contributed by atoms with Gasteiger partial charge in [-0.3, -0.25) is 9.69 Å². The zero-order chi connectivity index (χ0) is 21.6. The molecule has 6 heteroatoms. The molecule has 2 aromatic carbocycles.